The van der Waals surface area contributed by atoms with E-state index in [0.717, 1.165) is 11.1 Å². The predicted octanol–water partition coefficient (Wildman–Crippen LogP) is 3.27. The highest BCUT2D eigenvalue weighted by molar-refractivity contribution is 7.91. The highest BCUT2D eigenvalue weighted by Gasteiger charge is 2.23. The maximum atomic E-state index is 12.5. The summed E-state index contributed by atoms with van der Waals surface area (Å²) in [5.74, 6) is 0. The van der Waals surface area contributed by atoms with E-state index in [1.807, 2.05) is 38.1 Å². The van der Waals surface area contributed by atoms with Gasteiger partial charge in [0.25, 0.3) is 10.0 Å². The summed E-state index contributed by atoms with van der Waals surface area (Å²) < 4.78 is 26.8. The third-order valence-corrected chi connectivity index (χ3v) is 6.18. The van der Waals surface area contributed by atoms with Crippen molar-refractivity contribution in [2.24, 2.45) is 0 Å². The van der Waals surface area contributed by atoms with Gasteiger partial charge in [0, 0.05) is 13.1 Å². The van der Waals surface area contributed by atoms with E-state index in [-0.39, 0.29) is 0 Å². The molecule has 0 fully saturated rings. The topological polar surface area (TPSA) is 37.4 Å². The van der Waals surface area contributed by atoms with E-state index < -0.39 is 10.0 Å². The Morgan fingerprint density at radius 1 is 1.21 bits per heavy atom. The SMILES string of the molecule is CCN(Cc1cccc(C)c1)S(=O)(=O)c1cccs1. The minimum absolute atomic E-state index is 0.405. The zero-order chi connectivity index (χ0) is 13.9. The van der Waals surface area contributed by atoms with Crippen LogP contribution in [0, 0.1) is 6.92 Å². The highest BCUT2D eigenvalue weighted by atomic mass is 32.2. The molecule has 0 unspecified atom stereocenters. The largest absolute Gasteiger partial charge is 0.252 e. The third-order valence-electron chi connectivity index (χ3n) is 2.88. The molecule has 2 aromatic rings. The van der Waals surface area contributed by atoms with Gasteiger partial charge in [-0.05, 0) is 23.9 Å². The van der Waals surface area contributed by atoms with Crippen LogP contribution >= 0.6 is 11.3 Å². The molecule has 0 N–H and O–H groups in total. The lowest BCUT2D eigenvalue weighted by atomic mass is 10.1. The molecule has 0 radical (unpaired) electrons. The number of benzene rings is 1. The Hall–Kier alpha value is -1.17. The van der Waals surface area contributed by atoms with Gasteiger partial charge in [0.05, 0.1) is 0 Å². The molecule has 0 aliphatic rings. The Morgan fingerprint density at radius 3 is 2.58 bits per heavy atom. The molecular weight excluding hydrogens is 278 g/mol. The fourth-order valence-electron chi connectivity index (χ4n) is 1.92. The van der Waals surface area contributed by atoms with Crippen LogP contribution in [0.3, 0.4) is 0 Å². The number of sulfonamides is 1. The first-order valence-corrected chi connectivity index (χ1v) is 8.45. The first-order chi connectivity index (χ1) is 9.04. The molecule has 3 nitrogen and oxygen atoms in total. The molecule has 1 heterocycles. The fourth-order valence-corrected chi connectivity index (χ4v) is 4.50. The first-order valence-electron chi connectivity index (χ1n) is 6.13. The average Bonchev–Trinajstić information content (AvgIpc) is 2.90. The van der Waals surface area contributed by atoms with Gasteiger partial charge in [0.2, 0.25) is 0 Å². The lowest BCUT2D eigenvalue weighted by molar-refractivity contribution is 0.425. The molecule has 0 amide bonds. The molecular formula is C14H17NO2S2. The van der Waals surface area contributed by atoms with Crippen molar-refractivity contribution in [2.75, 3.05) is 6.54 Å². The average molecular weight is 295 g/mol. The molecule has 1 aromatic carbocycles. The van der Waals surface area contributed by atoms with Crippen LogP contribution in [-0.4, -0.2) is 19.3 Å². The number of nitrogens with zero attached hydrogens (tertiary/aromatic N) is 1. The molecule has 0 spiro atoms. The number of hydrogen-bond acceptors (Lipinski definition) is 3. The second kappa shape index (κ2) is 5.86. The van der Waals surface area contributed by atoms with Gasteiger partial charge in [-0.15, -0.1) is 11.3 Å². The van der Waals surface area contributed by atoms with E-state index >= 15 is 0 Å². The molecule has 0 aliphatic heterocycles. The van der Waals surface area contributed by atoms with Gasteiger partial charge in [-0.3, -0.25) is 0 Å². The Bertz CT molecular complexity index is 633. The van der Waals surface area contributed by atoms with Crippen molar-refractivity contribution in [2.45, 2.75) is 24.6 Å². The molecule has 0 saturated carbocycles. The van der Waals surface area contributed by atoms with Gasteiger partial charge < -0.3 is 0 Å². The van der Waals surface area contributed by atoms with Crippen LogP contribution in [0.2, 0.25) is 0 Å². The molecule has 0 atom stereocenters. The van der Waals surface area contributed by atoms with Crippen molar-refractivity contribution in [3.8, 4) is 0 Å². The highest BCUT2D eigenvalue weighted by Crippen LogP contribution is 2.22. The molecule has 1 aromatic heterocycles. The normalized spacial score (nSPS) is 11.9. The fraction of sp³-hybridized carbons (Fsp3) is 0.286. The Labute approximate surface area is 118 Å². The van der Waals surface area contributed by atoms with E-state index in [0.29, 0.717) is 17.3 Å². The standard InChI is InChI=1S/C14H17NO2S2/c1-3-15(11-13-7-4-6-12(2)10-13)19(16,17)14-8-5-9-18-14/h4-10H,3,11H2,1-2H3. The van der Waals surface area contributed by atoms with Crippen LogP contribution in [0.15, 0.2) is 46.0 Å². The summed E-state index contributed by atoms with van der Waals surface area (Å²) >= 11 is 1.26. The molecule has 0 aliphatic carbocycles. The second-order valence-corrected chi connectivity index (χ2v) is 7.46. The zero-order valence-corrected chi connectivity index (χ0v) is 12.7. The summed E-state index contributed by atoms with van der Waals surface area (Å²) in [6, 6.07) is 11.4. The lowest BCUT2D eigenvalue weighted by Crippen LogP contribution is -2.29. The Morgan fingerprint density at radius 2 is 2.00 bits per heavy atom. The van der Waals surface area contributed by atoms with Crippen LogP contribution in [0.1, 0.15) is 18.1 Å². The minimum atomic E-state index is -3.37. The Kier molecular flexibility index (Phi) is 4.39. The van der Waals surface area contributed by atoms with E-state index in [1.54, 1.807) is 17.5 Å². The smallest absolute Gasteiger partial charge is 0.206 e. The van der Waals surface area contributed by atoms with Gasteiger partial charge in [0.15, 0.2) is 0 Å². The zero-order valence-electron chi connectivity index (χ0n) is 11.0. The number of hydrogen-bond donors (Lipinski definition) is 0. The quantitative estimate of drug-likeness (QED) is 0.849. The van der Waals surface area contributed by atoms with Gasteiger partial charge in [-0.25, -0.2) is 8.42 Å². The van der Waals surface area contributed by atoms with Crippen LogP contribution in [-0.2, 0) is 16.6 Å². The van der Waals surface area contributed by atoms with Crippen molar-refractivity contribution in [3.05, 3.63) is 52.9 Å². The minimum Gasteiger partial charge on any atom is -0.206 e. The number of rotatable bonds is 5. The van der Waals surface area contributed by atoms with Gasteiger partial charge in [0.1, 0.15) is 4.21 Å². The van der Waals surface area contributed by atoms with Gasteiger partial charge in [-0.2, -0.15) is 4.31 Å². The van der Waals surface area contributed by atoms with Gasteiger partial charge in [-0.1, -0.05) is 42.8 Å². The molecule has 2 rings (SSSR count). The molecule has 5 heteroatoms. The Balaban J connectivity index is 2.26. The predicted molar refractivity (Wildman–Crippen MR) is 78.8 cm³/mol. The summed E-state index contributed by atoms with van der Waals surface area (Å²) in [6.07, 6.45) is 0. The van der Waals surface area contributed by atoms with Crippen LogP contribution in [0.5, 0.6) is 0 Å². The monoisotopic (exact) mass is 295 g/mol. The van der Waals surface area contributed by atoms with E-state index in [9.17, 15) is 8.42 Å². The lowest BCUT2D eigenvalue weighted by Gasteiger charge is -2.19. The summed E-state index contributed by atoms with van der Waals surface area (Å²) in [6.45, 7) is 4.75. The van der Waals surface area contributed by atoms with Crippen molar-refractivity contribution >= 4 is 21.4 Å². The summed E-state index contributed by atoms with van der Waals surface area (Å²) in [4.78, 5) is 0. The van der Waals surface area contributed by atoms with E-state index in [2.05, 4.69) is 0 Å². The molecule has 0 saturated heterocycles. The van der Waals surface area contributed by atoms with Crippen LogP contribution in [0.4, 0.5) is 0 Å². The van der Waals surface area contributed by atoms with Crippen molar-refractivity contribution in [1.82, 2.24) is 4.31 Å². The summed E-state index contributed by atoms with van der Waals surface area (Å²) in [5, 5.41) is 1.79. The van der Waals surface area contributed by atoms with Crippen LogP contribution < -0.4 is 0 Å². The van der Waals surface area contributed by atoms with Gasteiger partial charge >= 0.3 is 0 Å². The maximum absolute atomic E-state index is 12.5. The molecule has 19 heavy (non-hydrogen) atoms. The number of thiophene rings is 1. The van der Waals surface area contributed by atoms with Crippen molar-refractivity contribution in [1.29, 1.82) is 0 Å². The maximum Gasteiger partial charge on any atom is 0.252 e. The van der Waals surface area contributed by atoms with E-state index in [4.69, 9.17) is 0 Å². The first kappa shape index (κ1) is 14.2. The summed E-state index contributed by atoms with van der Waals surface area (Å²) in [7, 11) is -3.37. The molecule has 102 valence electrons. The number of aryl methyl sites for hydroxylation is 1. The van der Waals surface area contributed by atoms with Crippen molar-refractivity contribution < 1.29 is 8.42 Å². The van der Waals surface area contributed by atoms with Crippen LogP contribution in [0.25, 0.3) is 0 Å². The third kappa shape index (κ3) is 3.23. The van der Waals surface area contributed by atoms with Crippen molar-refractivity contribution in [3.63, 3.8) is 0 Å². The second-order valence-electron chi connectivity index (χ2n) is 4.35. The molecule has 0 bridgehead atoms. The van der Waals surface area contributed by atoms with E-state index in [1.165, 1.54) is 15.6 Å². The summed E-state index contributed by atoms with van der Waals surface area (Å²) in [5.41, 5.74) is 2.16.